The molecule has 2 bridgehead atoms. The van der Waals surface area contributed by atoms with Gasteiger partial charge in [0.1, 0.15) is 5.75 Å². The first-order valence-electron chi connectivity index (χ1n) is 12.4. The highest BCUT2D eigenvalue weighted by Gasteiger charge is 2.32. The SMILES string of the molecule is Cn1c(=O)oc2ccc(S(=O)(=O)N3CCCOc4cccc(c4)CCC4CCCCN4C(=O)C3)cc21. The van der Waals surface area contributed by atoms with Crippen molar-refractivity contribution < 1.29 is 22.4 Å². The Balaban J connectivity index is 1.47. The number of aryl methyl sites for hydroxylation is 2. The normalized spacial score (nSPS) is 20.5. The van der Waals surface area contributed by atoms with Crippen molar-refractivity contribution in [1.29, 1.82) is 0 Å². The van der Waals surface area contributed by atoms with Gasteiger partial charge in [-0.2, -0.15) is 4.31 Å². The van der Waals surface area contributed by atoms with Crippen molar-refractivity contribution in [2.75, 3.05) is 26.2 Å². The Morgan fingerprint density at radius 3 is 2.69 bits per heavy atom. The number of nitrogens with zero attached hydrogens (tertiary/aromatic N) is 3. The Kier molecular flexibility index (Phi) is 6.90. The van der Waals surface area contributed by atoms with Crippen LogP contribution in [-0.2, 0) is 28.3 Å². The van der Waals surface area contributed by atoms with Crippen molar-refractivity contribution in [3.8, 4) is 5.75 Å². The molecule has 1 atom stereocenters. The fraction of sp³-hybridized carbons (Fsp3) is 0.462. The average Bonchev–Trinajstić information content (AvgIpc) is 3.17. The first kappa shape index (κ1) is 24.6. The molecule has 5 rings (SSSR count). The second kappa shape index (κ2) is 10.1. The van der Waals surface area contributed by atoms with Crippen molar-refractivity contribution in [2.45, 2.75) is 49.5 Å². The molecular formula is C26H31N3O6S. The van der Waals surface area contributed by atoms with Gasteiger partial charge in [0.15, 0.2) is 5.58 Å². The molecule has 0 aliphatic carbocycles. The molecule has 2 aliphatic rings. The second-order valence-electron chi connectivity index (χ2n) is 9.52. The number of fused-ring (bicyclic) bond motifs is 4. The monoisotopic (exact) mass is 513 g/mol. The lowest BCUT2D eigenvalue weighted by Crippen LogP contribution is -2.49. The van der Waals surface area contributed by atoms with Gasteiger partial charge in [-0.3, -0.25) is 9.36 Å². The zero-order chi connectivity index (χ0) is 25.3. The van der Waals surface area contributed by atoms with Crippen molar-refractivity contribution >= 4 is 27.0 Å². The van der Waals surface area contributed by atoms with Crippen LogP contribution in [-0.4, -0.2) is 60.4 Å². The third-order valence-corrected chi connectivity index (χ3v) is 8.99. The summed E-state index contributed by atoms with van der Waals surface area (Å²) in [5.74, 6) is 0.0269. The molecule has 1 amide bonds. The summed E-state index contributed by atoms with van der Waals surface area (Å²) >= 11 is 0. The molecule has 1 aromatic heterocycles. The van der Waals surface area contributed by atoms with E-state index < -0.39 is 15.8 Å². The van der Waals surface area contributed by atoms with Crippen LogP contribution in [0.3, 0.4) is 0 Å². The molecule has 0 saturated carbocycles. The standard InChI is InChI=1S/C26H31N3O6S/c1-27-23-17-22(11-12-24(23)35-26(27)31)36(32,33)28-13-5-15-34-21-8-4-6-19(16-21)9-10-20-7-2-3-14-29(20)25(30)18-28/h4,6,8,11-12,16-17,20H,2-3,5,7,9-10,13-15,18H2,1H3. The molecule has 0 spiro atoms. The molecule has 1 saturated heterocycles. The van der Waals surface area contributed by atoms with E-state index in [0.717, 1.165) is 37.9 Å². The molecule has 9 nitrogen and oxygen atoms in total. The molecule has 1 unspecified atom stereocenters. The molecule has 0 N–H and O–H groups in total. The lowest BCUT2D eigenvalue weighted by atomic mass is 9.95. The van der Waals surface area contributed by atoms with E-state index >= 15 is 0 Å². The summed E-state index contributed by atoms with van der Waals surface area (Å²) in [5.41, 5.74) is 1.87. The summed E-state index contributed by atoms with van der Waals surface area (Å²) in [5, 5.41) is 0. The van der Waals surface area contributed by atoms with E-state index in [2.05, 4.69) is 6.07 Å². The maximum Gasteiger partial charge on any atom is 0.419 e. The van der Waals surface area contributed by atoms with Gasteiger partial charge in [0.05, 0.1) is 23.6 Å². The van der Waals surface area contributed by atoms with Crippen LogP contribution in [0.5, 0.6) is 5.75 Å². The minimum Gasteiger partial charge on any atom is -0.494 e. The lowest BCUT2D eigenvalue weighted by Gasteiger charge is -2.37. The topological polar surface area (TPSA) is 102 Å². The molecule has 3 aromatic rings. The van der Waals surface area contributed by atoms with Gasteiger partial charge in [0.2, 0.25) is 15.9 Å². The average molecular weight is 514 g/mol. The van der Waals surface area contributed by atoms with Crippen LogP contribution in [0.4, 0.5) is 0 Å². The summed E-state index contributed by atoms with van der Waals surface area (Å²) < 4.78 is 41.0. The van der Waals surface area contributed by atoms with Crippen molar-refractivity contribution in [3.05, 3.63) is 58.6 Å². The Hall–Kier alpha value is -3.11. The van der Waals surface area contributed by atoms with Gasteiger partial charge >= 0.3 is 5.76 Å². The number of hydrogen-bond donors (Lipinski definition) is 0. The van der Waals surface area contributed by atoms with E-state index in [-0.39, 0.29) is 29.9 Å². The van der Waals surface area contributed by atoms with E-state index in [4.69, 9.17) is 9.15 Å². The third-order valence-electron chi connectivity index (χ3n) is 7.15. The highest BCUT2D eigenvalue weighted by Crippen LogP contribution is 2.26. The van der Waals surface area contributed by atoms with Crippen LogP contribution in [0.25, 0.3) is 11.1 Å². The molecule has 1 fully saturated rings. The van der Waals surface area contributed by atoms with Gasteiger partial charge in [0.25, 0.3) is 0 Å². The summed E-state index contributed by atoms with van der Waals surface area (Å²) in [6.07, 6.45) is 4.98. The molecule has 3 heterocycles. The minimum absolute atomic E-state index is 0.0177. The molecule has 10 heteroatoms. The van der Waals surface area contributed by atoms with Crippen molar-refractivity contribution in [1.82, 2.24) is 13.8 Å². The predicted octanol–water partition coefficient (Wildman–Crippen LogP) is 2.92. The summed E-state index contributed by atoms with van der Waals surface area (Å²) in [7, 11) is -2.49. The molecule has 192 valence electrons. The van der Waals surface area contributed by atoms with Gasteiger partial charge in [-0.05, 0) is 74.4 Å². The van der Waals surface area contributed by atoms with Crippen molar-refractivity contribution in [2.24, 2.45) is 7.05 Å². The highest BCUT2D eigenvalue weighted by molar-refractivity contribution is 7.89. The Bertz CT molecular complexity index is 1430. The van der Waals surface area contributed by atoms with Crippen LogP contribution in [0, 0.1) is 0 Å². The van der Waals surface area contributed by atoms with E-state index in [1.165, 1.54) is 39.7 Å². The summed E-state index contributed by atoms with van der Waals surface area (Å²) in [4.78, 5) is 27.3. The van der Waals surface area contributed by atoms with Gasteiger partial charge < -0.3 is 14.1 Å². The Labute approximate surface area is 210 Å². The van der Waals surface area contributed by atoms with Gasteiger partial charge in [-0.25, -0.2) is 13.2 Å². The van der Waals surface area contributed by atoms with E-state index in [0.29, 0.717) is 30.7 Å². The number of carbonyl (C=O) groups is 1. The fourth-order valence-corrected chi connectivity index (χ4v) is 6.57. The number of sulfonamides is 1. The number of piperidine rings is 1. The zero-order valence-corrected chi connectivity index (χ0v) is 21.2. The quantitative estimate of drug-likeness (QED) is 0.522. The van der Waals surface area contributed by atoms with E-state index in [9.17, 15) is 18.0 Å². The lowest BCUT2D eigenvalue weighted by molar-refractivity contribution is -0.135. The predicted molar refractivity (Wildman–Crippen MR) is 134 cm³/mol. The maximum atomic E-state index is 13.7. The number of benzene rings is 2. The van der Waals surface area contributed by atoms with E-state index in [1.807, 2.05) is 23.1 Å². The van der Waals surface area contributed by atoms with Crippen molar-refractivity contribution in [3.63, 3.8) is 0 Å². The number of hydrogen-bond acceptors (Lipinski definition) is 6. The summed E-state index contributed by atoms with van der Waals surface area (Å²) in [6.45, 7) is 0.871. The Morgan fingerprint density at radius 2 is 1.83 bits per heavy atom. The number of aromatic nitrogens is 1. The molecular weight excluding hydrogens is 482 g/mol. The fourth-order valence-electron chi connectivity index (χ4n) is 5.13. The smallest absolute Gasteiger partial charge is 0.419 e. The number of amides is 1. The second-order valence-corrected chi connectivity index (χ2v) is 11.5. The van der Waals surface area contributed by atoms with E-state index in [1.54, 1.807) is 0 Å². The van der Waals surface area contributed by atoms with Crippen LogP contribution in [0.2, 0.25) is 0 Å². The summed E-state index contributed by atoms with van der Waals surface area (Å²) in [6, 6.07) is 12.4. The zero-order valence-electron chi connectivity index (χ0n) is 20.4. The molecule has 0 radical (unpaired) electrons. The first-order valence-corrected chi connectivity index (χ1v) is 13.9. The molecule has 2 aromatic carbocycles. The van der Waals surface area contributed by atoms with Crippen LogP contribution in [0.1, 0.15) is 37.7 Å². The van der Waals surface area contributed by atoms with Crippen LogP contribution < -0.4 is 10.5 Å². The molecule has 36 heavy (non-hydrogen) atoms. The Morgan fingerprint density at radius 1 is 0.972 bits per heavy atom. The highest BCUT2D eigenvalue weighted by atomic mass is 32.2. The number of oxazole rings is 1. The first-order chi connectivity index (χ1) is 17.3. The number of rotatable bonds is 2. The van der Waals surface area contributed by atoms with Crippen LogP contribution in [0.15, 0.2) is 56.6 Å². The van der Waals surface area contributed by atoms with Crippen LogP contribution >= 0.6 is 0 Å². The van der Waals surface area contributed by atoms with Gasteiger partial charge in [0, 0.05) is 26.2 Å². The van der Waals surface area contributed by atoms with Gasteiger partial charge in [-0.1, -0.05) is 12.1 Å². The largest absolute Gasteiger partial charge is 0.494 e. The van der Waals surface area contributed by atoms with Gasteiger partial charge in [-0.15, -0.1) is 0 Å². The molecule has 2 aliphatic heterocycles. The number of carbonyl (C=O) groups excluding carboxylic acids is 1. The number of ether oxygens (including phenoxy) is 1. The maximum absolute atomic E-state index is 13.7. The minimum atomic E-state index is -4.02. The third kappa shape index (κ3) is 4.92.